The number of hydrogen-bond donors (Lipinski definition) is 1. The first-order valence-corrected chi connectivity index (χ1v) is 8.04. The molecular weight excluding hydrogens is 316 g/mol. The molecule has 2 atom stereocenters. The van der Waals surface area contributed by atoms with Crippen molar-refractivity contribution >= 4 is 18.3 Å². The van der Waals surface area contributed by atoms with E-state index in [4.69, 9.17) is 9.47 Å². The monoisotopic (exact) mass is 340 g/mol. The highest BCUT2D eigenvalue weighted by atomic mass is 35.5. The highest BCUT2D eigenvalue weighted by Crippen LogP contribution is 2.31. The molecule has 1 amide bonds. The Morgan fingerprint density at radius 2 is 2.13 bits per heavy atom. The number of nitrogens with one attached hydrogen (secondary N) is 1. The Bertz CT molecular complexity index is 546. The quantitative estimate of drug-likeness (QED) is 0.913. The zero-order chi connectivity index (χ0) is 15.6. The van der Waals surface area contributed by atoms with Crippen LogP contribution in [-0.2, 0) is 4.79 Å². The maximum Gasteiger partial charge on any atom is 0.242 e. The van der Waals surface area contributed by atoms with Crippen LogP contribution in [0.3, 0.4) is 0 Å². The number of amides is 1. The summed E-state index contributed by atoms with van der Waals surface area (Å²) in [6.07, 6.45) is 2.67. The van der Waals surface area contributed by atoms with E-state index in [0.717, 1.165) is 37.3 Å². The number of carbonyl (C=O) groups is 1. The van der Waals surface area contributed by atoms with Gasteiger partial charge in [0.25, 0.3) is 0 Å². The van der Waals surface area contributed by atoms with E-state index in [1.54, 1.807) is 4.90 Å². The lowest BCUT2D eigenvalue weighted by Crippen LogP contribution is -2.55. The summed E-state index contributed by atoms with van der Waals surface area (Å²) >= 11 is 0. The van der Waals surface area contributed by atoms with Gasteiger partial charge < -0.3 is 19.7 Å². The first-order chi connectivity index (χ1) is 10.6. The second-order valence-electron chi connectivity index (χ2n) is 6.15. The van der Waals surface area contributed by atoms with Crippen molar-refractivity contribution < 1.29 is 14.3 Å². The average molecular weight is 341 g/mol. The van der Waals surface area contributed by atoms with Crippen molar-refractivity contribution in [2.24, 2.45) is 0 Å². The molecule has 1 aromatic carbocycles. The van der Waals surface area contributed by atoms with Gasteiger partial charge in [-0.05, 0) is 37.9 Å². The summed E-state index contributed by atoms with van der Waals surface area (Å²) < 4.78 is 11.7. The summed E-state index contributed by atoms with van der Waals surface area (Å²) in [6.45, 7) is 4.00. The maximum absolute atomic E-state index is 12.8. The minimum absolute atomic E-state index is 0. The molecule has 1 fully saturated rings. The zero-order valence-corrected chi connectivity index (χ0v) is 14.5. The van der Waals surface area contributed by atoms with Crippen LogP contribution in [0.1, 0.15) is 26.2 Å². The summed E-state index contributed by atoms with van der Waals surface area (Å²) in [6, 6.07) is 7.65. The average Bonchev–Trinajstić information content (AvgIpc) is 3.04. The van der Waals surface area contributed by atoms with E-state index in [-0.39, 0.29) is 30.0 Å². The number of nitrogens with zero attached hydrogens (tertiary/aromatic N) is 1. The van der Waals surface area contributed by atoms with E-state index in [9.17, 15) is 4.79 Å². The third kappa shape index (κ3) is 3.56. The molecule has 1 N–H and O–H groups in total. The van der Waals surface area contributed by atoms with Gasteiger partial charge in [-0.2, -0.15) is 0 Å². The van der Waals surface area contributed by atoms with Gasteiger partial charge in [0.15, 0.2) is 17.6 Å². The number of halogens is 1. The second kappa shape index (κ2) is 7.41. The number of carbonyl (C=O) groups excluding carboxylic acids is 1. The Morgan fingerprint density at radius 1 is 1.39 bits per heavy atom. The molecule has 128 valence electrons. The van der Waals surface area contributed by atoms with Gasteiger partial charge in [0, 0.05) is 7.05 Å². The molecule has 2 heterocycles. The van der Waals surface area contributed by atoms with Crippen molar-refractivity contribution in [2.75, 3.05) is 26.7 Å². The van der Waals surface area contributed by atoms with Crippen molar-refractivity contribution in [1.82, 2.24) is 10.2 Å². The highest BCUT2D eigenvalue weighted by Gasteiger charge is 2.41. The smallest absolute Gasteiger partial charge is 0.242 e. The Hall–Kier alpha value is -1.46. The number of likely N-dealkylation sites (N-methyl/N-ethyl adjacent to an activating group) is 1. The van der Waals surface area contributed by atoms with Crippen molar-refractivity contribution in [2.45, 2.75) is 37.8 Å². The SMILES string of the molecule is CCC1(C(=O)N(C)CC2COc3ccccc3O2)CCCN1.Cl. The molecule has 0 aliphatic carbocycles. The Balaban J connectivity index is 0.00000192. The Kier molecular flexibility index (Phi) is 5.76. The van der Waals surface area contributed by atoms with Gasteiger partial charge in [0.1, 0.15) is 6.61 Å². The first-order valence-electron chi connectivity index (χ1n) is 8.04. The molecule has 0 radical (unpaired) electrons. The highest BCUT2D eigenvalue weighted by molar-refractivity contribution is 5.86. The van der Waals surface area contributed by atoms with Crippen LogP contribution in [0.5, 0.6) is 11.5 Å². The number of benzene rings is 1. The number of para-hydroxylation sites is 2. The summed E-state index contributed by atoms with van der Waals surface area (Å²) in [5, 5.41) is 3.39. The molecule has 0 bridgehead atoms. The van der Waals surface area contributed by atoms with Gasteiger partial charge in [0.2, 0.25) is 5.91 Å². The lowest BCUT2D eigenvalue weighted by molar-refractivity contribution is -0.138. The number of rotatable bonds is 4. The molecule has 3 rings (SSSR count). The van der Waals surface area contributed by atoms with E-state index in [2.05, 4.69) is 12.2 Å². The minimum Gasteiger partial charge on any atom is -0.486 e. The maximum atomic E-state index is 12.8. The van der Waals surface area contributed by atoms with Crippen molar-refractivity contribution in [1.29, 1.82) is 0 Å². The molecule has 0 spiro atoms. The van der Waals surface area contributed by atoms with Gasteiger partial charge in [-0.15, -0.1) is 12.4 Å². The Morgan fingerprint density at radius 3 is 2.78 bits per heavy atom. The zero-order valence-electron chi connectivity index (χ0n) is 13.7. The third-order valence-electron chi connectivity index (χ3n) is 4.65. The lowest BCUT2D eigenvalue weighted by Gasteiger charge is -2.35. The molecule has 23 heavy (non-hydrogen) atoms. The van der Waals surface area contributed by atoms with Gasteiger partial charge in [-0.25, -0.2) is 0 Å². The fraction of sp³-hybridized carbons (Fsp3) is 0.588. The molecule has 6 heteroatoms. The van der Waals surface area contributed by atoms with Crippen LogP contribution in [0.15, 0.2) is 24.3 Å². The molecule has 2 unspecified atom stereocenters. The topological polar surface area (TPSA) is 50.8 Å². The van der Waals surface area contributed by atoms with Gasteiger partial charge >= 0.3 is 0 Å². The second-order valence-corrected chi connectivity index (χ2v) is 6.15. The van der Waals surface area contributed by atoms with Crippen LogP contribution in [0.25, 0.3) is 0 Å². The van der Waals surface area contributed by atoms with E-state index < -0.39 is 0 Å². The summed E-state index contributed by atoms with van der Waals surface area (Å²) in [4.78, 5) is 14.6. The normalized spacial score (nSPS) is 25.6. The summed E-state index contributed by atoms with van der Waals surface area (Å²) in [5.74, 6) is 1.69. The fourth-order valence-electron chi connectivity index (χ4n) is 3.35. The summed E-state index contributed by atoms with van der Waals surface area (Å²) in [7, 11) is 1.85. The van der Waals surface area contributed by atoms with Crippen LogP contribution in [0, 0.1) is 0 Å². The van der Waals surface area contributed by atoms with Crippen LogP contribution in [0.4, 0.5) is 0 Å². The van der Waals surface area contributed by atoms with Crippen LogP contribution in [0.2, 0.25) is 0 Å². The predicted octanol–water partition coefficient (Wildman–Crippen LogP) is 2.24. The van der Waals surface area contributed by atoms with E-state index in [1.165, 1.54) is 0 Å². The molecule has 2 aliphatic rings. The van der Waals surface area contributed by atoms with Gasteiger partial charge in [-0.1, -0.05) is 19.1 Å². The van der Waals surface area contributed by atoms with Crippen molar-refractivity contribution in [3.63, 3.8) is 0 Å². The standard InChI is InChI=1S/C17H24N2O3.ClH/c1-3-17(9-6-10-18-17)16(20)19(2)11-13-12-21-14-7-4-5-8-15(14)22-13;/h4-5,7-8,13,18H,3,6,9-12H2,1-2H3;1H. The first kappa shape index (κ1) is 17.9. The van der Waals surface area contributed by atoms with Crippen molar-refractivity contribution in [3.8, 4) is 11.5 Å². The number of ether oxygens (including phenoxy) is 2. The fourth-order valence-corrected chi connectivity index (χ4v) is 3.35. The van der Waals surface area contributed by atoms with Crippen molar-refractivity contribution in [3.05, 3.63) is 24.3 Å². The predicted molar refractivity (Wildman–Crippen MR) is 91.5 cm³/mol. The molecule has 1 aromatic rings. The van der Waals surface area contributed by atoms with E-state index in [1.807, 2.05) is 31.3 Å². The summed E-state index contributed by atoms with van der Waals surface area (Å²) in [5.41, 5.74) is -0.387. The molecular formula is C17H25ClN2O3. The largest absolute Gasteiger partial charge is 0.486 e. The van der Waals surface area contributed by atoms with E-state index in [0.29, 0.717) is 13.2 Å². The molecule has 0 aromatic heterocycles. The Labute approximate surface area is 143 Å². The van der Waals surface area contributed by atoms with Crippen LogP contribution in [-0.4, -0.2) is 49.2 Å². The van der Waals surface area contributed by atoms with Gasteiger partial charge in [-0.3, -0.25) is 4.79 Å². The number of hydrogen-bond acceptors (Lipinski definition) is 4. The number of fused-ring (bicyclic) bond motifs is 1. The van der Waals surface area contributed by atoms with Crippen LogP contribution < -0.4 is 14.8 Å². The lowest BCUT2D eigenvalue weighted by atomic mass is 9.92. The van der Waals surface area contributed by atoms with Crippen LogP contribution >= 0.6 is 12.4 Å². The molecule has 1 saturated heterocycles. The minimum atomic E-state index is -0.387. The van der Waals surface area contributed by atoms with Gasteiger partial charge in [0.05, 0.1) is 12.1 Å². The third-order valence-corrected chi connectivity index (χ3v) is 4.65. The van der Waals surface area contributed by atoms with E-state index >= 15 is 0 Å². The molecule has 5 nitrogen and oxygen atoms in total. The molecule has 2 aliphatic heterocycles. The molecule has 0 saturated carbocycles.